The highest BCUT2D eigenvalue weighted by molar-refractivity contribution is 5.52. The Bertz CT molecular complexity index is 505. The van der Waals surface area contributed by atoms with E-state index in [0.29, 0.717) is 25.4 Å². The van der Waals surface area contributed by atoms with Crippen LogP contribution in [0.5, 0.6) is 5.75 Å². The number of hydrogen-bond donors (Lipinski definition) is 0. The average Bonchev–Trinajstić information content (AvgIpc) is 2.35. The number of halogens is 3. The quantitative estimate of drug-likeness (QED) is 0.775. The van der Waals surface area contributed by atoms with Crippen LogP contribution in [-0.2, 0) is 12.7 Å². The molecule has 0 atom stereocenters. The summed E-state index contributed by atoms with van der Waals surface area (Å²) in [7, 11) is 0. The van der Waals surface area contributed by atoms with Gasteiger partial charge in [0.05, 0.1) is 11.1 Å². The zero-order valence-electron chi connectivity index (χ0n) is 9.71. The Morgan fingerprint density at radius 2 is 2.17 bits per heavy atom. The smallest absolute Gasteiger partial charge is 0.416 e. The van der Waals surface area contributed by atoms with Gasteiger partial charge in [-0.2, -0.15) is 18.4 Å². The van der Waals surface area contributed by atoms with Crippen LogP contribution in [0, 0.1) is 11.3 Å². The molecule has 1 aliphatic heterocycles. The normalized spacial score (nSPS) is 15.7. The lowest BCUT2D eigenvalue weighted by molar-refractivity contribution is -0.137. The van der Waals surface area contributed by atoms with Gasteiger partial charge in [0.1, 0.15) is 18.5 Å². The molecule has 1 aromatic rings. The van der Waals surface area contributed by atoms with Gasteiger partial charge in [-0.25, -0.2) is 0 Å². The molecule has 0 aromatic heterocycles. The van der Waals surface area contributed by atoms with Gasteiger partial charge in [-0.15, -0.1) is 0 Å². The maximum atomic E-state index is 12.7. The second-order valence-corrected chi connectivity index (χ2v) is 4.04. The van der Waals surface area contributed by atoms with Crippen molar-refractivity contribution in [1.29, 1.82) is 5.26 Å². The minimum Gasteiger partial charge on any atom is -0.476 e. The maximum Gasteiger partial charge on any atom is 0.416 e. The van der Waals surface area contributed by atoms with Crippen molar-refractivity contribution < 1.29 is 17.9 Å². The summed E-state index contributed by atoms with van der Waals surface area (Å²) in [6, 6.07) is 3.64. The van der Waals surface area contributed by atoms with E-state index in [1.54, 1.807) is 6.07 Å². The van der Waals surface area contributed by atoms with Crippen molar-refractivity contribution in [2.45, 2.75) is 19.6 Å². The number of hydrogen-bond acceptors (Lipinski definition) is 3. The van der Waals surface area contributed by atoms with Gasteiger partial charge in [0.15, 0.2) is 0 Å². The first-order valence-electron chi connectivity index (χ1n) is 5.45. The summed E-state index contributed by atoms with van der Waals surface area (Å²) in [4.78, 5) is 1.85. The van der Waals surface area contributed by atoms with Crippen LogP contribution in [0.2, 0.25) is 0 Å². The van der Waals surface area contributed by atoms with Crippen LogP contribution in [0.3, 0.4) is 0 Å². The fourth-order valence-electron chi connectivity index (χ4n) is 1.87. The highest BCUT2D eigenvalue weighted by Crippen LogP contribution is 2.36. The Balaban J connectivity index is 2.50. The standard InChI is InChI=1S/C12H11F3N2O/c1-2-17-6-9-4-10(12(13,14)15)3-8(5-16)11(9)18-7-17/h3-4H,2,6-7H2,1H3. The third-order valence-electron chi connectivity index (χ3n) is 2.85. The van der Waals surface area contributed by atoms with Gasteiger partial charge < -0.3 is 4.74 Å². The van der Waals surface area contributed by atoms with Crippen molar-refractivity contribution in [3.63, 3.8) is 0 Å². The molecule has 0 aliphatic carbocycles. The Kier molecular flexibility index (Phi) is 3.18. The summed E-state index contributed by atoms with van der Waals surface area (Å²) in [6.07, 6.45) is -4.45. The molecule has 0 unspecified atom stereocenters. The molecule has 0 saturated carbocycles. The van der Waals surface area contributed by atoms with Crippen LogP contribution >= 0.6 is 0 Å². The third kappa shape index (κ3) is 2.27. The fraction of sp³-hybridized carbons (Fsp3) is 0.417. The first-order chi connectivity index (χ1) is 8.45. The molecule has 96 valence electrons. The van der Waals surface area contributed by atoms with Crippen LogP contribution in [0.1, 0.15) is 23.6 Å². The molecule has 0 N–H and O–H groups in total. The van der Waals surface area contributed by atoms with Gasteiger partial charge >= 0.3 is 6.18 Å². The first-order valence-corrected chi connectivity index (χ1v) is 5.45. The van der Waals surface area contributed by atoms with E-state index in [9.17, 15) is 13.2 Å². The molecule has 1 heterocycles. The van der Waals surface area contributed by atoms with Gasteiger partial charge in [0.2, 0.25) is 0 Å². The van der Waals surface area contributed by atoms with Crippen LogP contribution < -0.4 is 4.74 Å². The van der Waals surface area contributed by atoms with Crippen LogP contribution in [0.15, 0.2) is 12.1 Å². The maximum absolute atomic E-state index is 12.7. The highest BCUT2D eigenvalue weighted by atomic mass is 19.4. The molecule has 18 heavy (non-hydrogen) atoms. The summed E-state index contributed by atoms with van der Waals surface area (Å²) in [6.45, 7) is 3.23. The summed E-state index contributed by atoms with van der Waals surface area (Å²) in [5.41, 5.74) is -0.454. The zero-order chi connectivity index (χ0) is 13.3. The number of rotatable bonds is 1. The predicted molar refractivity (Wildman–Crippen MR) is 57.7 cm³/mol. The van der Waals surface area contributed by atoms with E-state index >= 15 is 0 Å². The van der Waals surface area contributed by atoms with Gasteiger partial charge in [-0.3, -0.25) is 4.90 Å². The van der Waals surface area contributed by atoms with Gasteiger partial charge in [0, 0.05) is 12.1 Å². The van der Waals surface area contributed by atoms with Crippen molar-refractivity contribution in [2.75, 3.05) is 13.3 Å². The van der Waals surface area contributed by atoms with E-state index in [4.69, 9.17) is 10.00 Å². The van der Waals surface area contributed by atoms with Crippen molar-refractivity contribution >= 4 is 0 Å². The van der Waals surface area contributed by atoms with Crippen LogP contribution in [0.4, 0.5) is 13.2 Å². The van der Waals surface area contributed by atoms with E-state index in [0.717, 1.165) is 12.1 Å². The SMILES string of the molecule is CCN1COc2c(C#N)cc(C(F)(F)F)cc2C1. The first kappa shape index (κ1) is 12.7. The Labute approximate surface area is 102 Å². The van der Waals surface area contributed by atoms with Gasteiger partial charge in [0.25, 0.3) is 0 Å². The van der Waals surface area contributed by atoms with Crippen molar-refractivity contribution in [3.05, 3.63) is 28.8 Å². The van der Waals surface area contributed by atoms with Crippen molar-refractivity contribution in [1.82, 2.24) is 4.90 Å². The van der Waals surface area contributed by atoms with Gasteiger partial charge in [-0.05, 0) is 18.7 Å². The average molecular weight is 256 g/mol. The van der Waals surface area contributed by atoms with E-state index in [1.807, 2.05) is 11.8 Å². The number of fused-ring (bicyclic) bond motifs is 1. The molecular weight excluding hydrogens is 245 g/mol. The number of nitrogens with zero attached hydrogens (tertiary/aromatic N) is 2. The Morgan fingerprint density at radius 1 is 1.44 bits per heavy atom. The van der Waals surface area contributed by atoms with E-state index in [-0.39, 0.29) is 11.3 Å². The highest BCUT2D eigenvalue weighted by Gasteiger charge is 2.33. The molecule has 0 radical (unpaired) electrons. The second kappa shape index (κ2) is 4.50. The lowest BCUT2D eigenvalue weighted by Gasteiger charge is -2.29. The summed E-state index contributed by atoms with van der Waals surface area (Å²) >= 11 is 0. The molecule has 0 fully saturated rings. The molecule has 2 rings (SSSR count). The second-order valence-electron chi connectivity index (χ2n) is 4.04. The molecular formula is C12H11F3N2O. The molecule has 1 aliphatic rings. The lowest BCUT2D eigenvalue weighted by Crippen LogP contribution is -2.32. The van der Waals surface area contributed by atoms with Gasteiger partial charge in [-0.1, -0.05) is 6.92 Å². The number of alkyl halides is 3. The van der Waals surface area contributed by atoms with Crippen molar-refractivity contribution in [2.24, 2.45) is 0 Å². The summed E-state index contributed by atoms with van der Waals surface area (Å²) < 4.78 is 43.4. The molecule has 1 aromatic carbocycles. The molecule has 3 nitrogen and oxygen atoms in total. The molecule has 6 heteroatoms. The zero-order valence-corrected chi connectivity index (χ0v) is 9.71. The molecule has 0 spiro atoms. The topological polar surface area (TPSA) is 36.3 Å². The van der Waals surface area contributed by atoms with E-state index < -0.39 is 11.7 Å². The largest absolute Gasteiger partial charge is 0.476 e. The van der Waals surface area contributed by atoms with Crippen LogP contribution in [-0.4, -0.2) is 18.2 Å². The molecule has 0 bridgehead atoms. The Hall–Kier alpha value is -1.74. The number of benzene rings is 1. The Morgan fingerprint density at radius 3 is 2.72 bits per heavy atom. The lowest BCUT2D eigenvalue weighted by atomic mass is 10.0. The molecule has 0 saturated heterocycles. The number of nitriles is 1. The monoisotopic (exact) mass is 256 g/mol. The molecule has 0 amide bonds. The van der Waals surface area contributed by atoms with E-state index in [2.05, 4.69) is 0 Å². The minimum absolute atomic E-state index is 0.0596. The number of ether oxygens (including phenoxy) is 1. The third-order valence-corrected chi connectivity index (χ3v) is 2.85. The van der Waals surface area contributed by atoms with Crippen LogP contribution in [0.25, 0.3) is 0 Å². The van der Waals surface area contributed by atoms with Crippen molar-refractivity contribution in [3.8, 4) is 11.8 Å². The summed E-state index contributed by atoms with van der Waals surface area (Å²) in [5, 5.41) is 8.90. The van der Waals surface area contributed by atoms with E-state index in [1.165, 1.54) is 0 Å². The predicted octanol–water partition coefficient (Wildman–Crippen LogP) is 2.75. The minimum atomic E-state index is -4.45. The summed E-state index contributed by atoms with van der Waals surface area (Å²) in [5.74, 6) is 0.273. The fourth-order valence-corrected chi connectivity index (χ4v) is 1.87.